The summed E-state index contributed by atoms with van der Waals surface area (Å²) in [6, 6.07) is 4.68. The predicted octanol–water partition coefficient (Wildman–Crippen LogP) is 2.82. The van der Waals surface area contributed by atoms with Crippen LogP contribution in [0.2, 0.25) is 5.02 Å². The minimum absolute atomic E-state index is 0.0766. The van der Waals surface area contributed by atoms with Crippen molar-refractivity contribution in [1.29, 1.82) is 0 Å². The molecule has 0 aliphatic carbocycles. The molecule has 1 rings (SSSR count). The normalized spacial score (nSPS) is 13.1. The van der Waals surface area contributed by atoms with Gasteiger partial charge in [0, 0.05) is 23.2 Å². The molecular weight excluding hydrogens is 227 g/mol. The Balaban J connectivity index is 3.03. The monoisotopic (exact) mass is 244 g/mol. The number of likely N-dealkylation sites (N-methyl/N-ethyl adjacent to an activating group) is 1. The summed E-state index contributed by atoms with van der Waals surface area (Å²) in [5.41, 5.74) is 6.34. The van der Waals surface area contributed by atoms with Crippen molar-refractivity contribution in [3.63, 3.8) is 0 Å². The maximum absolute atomic E-state index is 13.8. The quantitative estimate of drug-likeness (QED) is 0.863. The smallest absolute Gasteiger partial charge is 0.129 e. The number of nitrogens with two attached hydrogens (primary N) is 1. The SMILES string of the molecule is CCN(CC)C(CN)c1ccc(Cl)cc1F. The standard InChI is InChI=1S/C12H18ClFN2/c1-3-16(4-2)12(8-15)10-6-5-9(13)7-11(10)14/h5-7,12H,3-4,8,15H2,1-2H3. The molecule has 0 aromatic heterocycles. The molecule has 2 N–H and O–H groups in total. The van der Waals surface area contributed by atoms with Gasteiger partial charge in [0.15, 0.2) is 0 Å². The van der Waals surface area contributed by atoms with Crippen LogP contribution < -0.4 is 5.73 Å². The Morgan fingerprint density at radius 3 is 2.44 bits per heavy atom. The van der Waals surface area contributed by atoms with Crippen LogP contribution in [0, 0.1) is 5.82 Å². The molecule has 0 amide bonds. The van der Waals surface area contributed by atoms with Crippen LogP contribution in [-0.2, 0) is 0 Å². The summed E-state index contributed by atoms with van der Waals surface area (Å²) in [5, 5.41) is 0.413. The lowest BCUT2D eigenvalue weighted by molar-refractivity contribution is 0.219. The van der Waals surface area contributed by atoms with Crippen LogP contribution in [0.5, 0.6) is 0 Å². The fourth-order valence-corrected chi connectivity index (χ4v) is 2.07. The van der Waals surface area contributed by atoms with E-state index < -0.39 is 0 Å². The van der Waals surface area contributed by atoms with E-state index in [9.17, 15) is 4.39 Å². The molecule has 0 bridgehead atoms. The summed E-state index contributed by atoms with van der Waals surface area (Å²) in [7, 11) is 0. The van der Waals surface area contributed by atoms with Crippen molar-refractivity contribution in [2.24, 2.45) is 5.73 Å². The van der Waals surface area contributed by atoms with Crippen LogP contribution in [0.25, 0.3) is 0 Å². The fraction of sp³-hybridized carbons (Fsp3) is 0.500. The van der Waals surface area contributed by atoms with Crippen molar-refractivity contribution in [3.8, 4) is 0 Å². The van der Waals surface area contributed by atoms with E-state index in [0.717, 1.165) is 13.1 Å². The van der Waals surface area contributed by atoms with Crippen LogP contribution in [0.4, 0.5) is 4.39 Å². The number of hydrogen-bond donors (Lipinski definition) is 1. The Morgan fingerprint density at radius 2 is 2.00 bits per heavy atom. The van der Waals surface area contributed by atoms with Gasteiger partial charge in [0.1, 0.15) is 5.82 Å². The summed E-state index contributed by atoms with van der Waals surface area (Å²) in [6.07, 6.45) is 0. The lowest BCUT2D eigenvalue weighted by Gasteiger charge is -2.29. The first-order valence-corrected chi connectivity index (χ1v) is 5.90. The minimum atomic E-state index is -0.283. The van der Waals surface area contributed by atoms with E-state index in [-0.39, 0.29) is 11.9 Å². The third kappa shape index (κ3) is 2.94. The highest BCUT2D eigenvalue weighted by Gasteiger charge is 2.19. The van der Waals surface area contributed by atoms with Gasteiger partial charge in [-0.3, -0.25) is 4.90 Å². The Hall–Kier alpha value is -0.640. The van der Waals surface area contributed by atoms with Gasteiger partial charge in [0.2, 0.25) is 0 Å². The molecule has 0 fully saturated rings. The van der Waals surface area contributed by atoms with E-state index in [1.807, 2.05) is 13.8 Å². The van der Waals surface area contributed by atoms with Crippen LogP contribution >= 0.6 is 11.6 Å². The largest absolute Gasteiger partial charge is 0.329 e. The van der Waals surface area contributed by atoms with E-state index in [0.29, 0.717) is 17.1 Å². The zero-order valence-electron chi connectivity index (χ0n) is 9.71. The average molecular weight is 245 g/mol. The summed E-state index contributed by atoms with van der Waals surface area (Å²) in [5.74, 6) is -0.283. The van der Waals surface area contributed by atoms with Gasteiger partial charge in [-0.2, -0.15) is 0 Å². The molecule has 0 spiro atoms. The lowest BCUT2D eigenvalue weighted by atomic mass is 10.0. The van der Waals surface area contributed by atoms with E-state index >= 15 is 0 Å². The molecule has 0 radical (unpaired) electrons. The van der Waals surface area contributed by atoms with Gasteiger partial charge in [-0.05, 0) is 25.2 Å². The van der Waals surface area contributed by atoms with E-state index in [2.05, 4.69) is 4.90 Å². The fourth-order valence-electron chi connectivity index (χ4n) is 1.91. The highest BCUT2D eigenvalue weighted by molar-refractivity contribution is 6.30. The molecule has 2 nitrogen and oxygen atoms in total. The number of benzene rings is 1. The zero-order chi connectivity index (χ0) is 12.1. The Kier molecular flexibility index (Phi) is 5.19. The number of halogens is 2. The van der Waals surface area contributed by atoms with Crippen molar-refractivity contribution in [2.75, 3.05) is 19.6 Å². The first-order chi connectivity index (χ1) is 7.63. The summed E-state index contributed by atoms with van der Waals surface area (Å²) >= 11 is 5.73. The molecular formula is C12H18ClFN2. The van der Waals surface area contributed by atoms with E-state index in [1.54, 1.807) is 12.1 Å². The third-order valence-electron chi connectivity index (χ3n) is 2.80. The topological polar surface area (TPSA) is 29.3 Å². The van der Waals surface area contributed by atoms with Crippen molar-refractivity contribution < 1.29 is 4.39 Å². The van der Waals surface area contributed by atoms with Gasteiger partial charge in [0.05, 0.1) is 0 Å². The summed E-state index contributed by atoms with van der Waals surface area (Å²) in [4.78, 5) is 2.13. The molecule has 0 heterocycles. The molecule has 0 saturated heterocycles. The molecule has 0 saturated carbocycles. The maximum Gasteiger partial charge on any atom is 0.129 e. The average Bonchev–Trinajstić information content (AvgIpc) is 2.27. The maximum atomic E-state index is 13.8. The molecule has 1 atom stereocenters. The van der Waals surface area contributed by atoms with Gasteiger partial charge >= 0.3 is 0 Å². The Morgan fingerprint density at radius 1 is 1.38 bits per heavy atom. The lowest BCUT2D eigenvalue weighted by Crippen LogP contribution is -2.34. The van der Waals surface area contributed by atoms with E-state index in [4.69, 9.17) is 17.3 Å². The van der Waals surface area contributed by atoms with Crippen LogP contribution in [0.15, 0.2) is 18.2 Å². The minimum Gasteiger partial charge on any atom is -0.329 e. The molecule has 0 aliphatic heterocycles. The second-order valence-corrected chi connectivity index (χ2v) is 4.07. The van der Waals surface area contributed by atoms with Gasteiger partial charge in [-0.1, -0.05) is 31.5 Å². The molecule has 1 aromatic rings. The van der Waals surface area contributed by atoms with Gasteiger partial charge in [-0.15, -0.1) is 0 Å². The van der Waals surface area contributed by atoms with Crippen molar-refractivity contribution in [1.82, 2.24) is 4.90 Å². The van der Waals surface area contributed by atoms with Crippen molar-refractivity contribution >= 4 is 11.6 Å². The van der Waals surface area contributed by atoms with Gasteiger partial charge in [0.25, 0.3) is 0 Å². The molecule has 4 heteroatoms. The van der Waals surface area contributed by atoms with Crippen LogP contribution in [0.3, 0.4) is 0 Å². The molecule has 1 unspecified atom stereocenters. The first kappa shape index (κ1) is 13.4. The second-order valence-electron chi connectivity index (χ2n) is 3.64. The second kappa shape index (κ2) is 6.18. The van der Waals surface area contributed by atoms with Crippen LogP contribution in [0.1, 0.15) is 25.5 Å². The van der Waals surface area contributed by atoms with Gasteiger partial charge in [-0.25, -0.2) is 4.39 Å². The van der Waals surface area contributed by atoms with Crippen molar-refractivity contribution in [3.05, 3.63) is 34.6 Å². The molecule has 0 aliphatic rings. The highest BCUT2D eigenvalue weighted by Crippen LogP contribution is 2.24. The van der Waals surface area contributed by atoms with Crippen LogP contribution in [-0.4, -0.2) is 24.5 Å². The molecule has 16 heavy (non-hydrogen) atoms. The summed E-state index contributed by atoms with van der Waals surface area (Å²) in [6.45, 7) is 6.18. The molecule has 1 aromatic carbocycles. The summed E-state index contributed by atoms with van der Waals surface area (Å²) < 4.78 is 13.8. The molecule has 90 valence electrons. The first-order valence-electron chi connectivity index (χ1n) is 5.53. The number of nitrogens with zero attached hydrogens (tertiary/aromatic N) is 1. The zero-order valence-corrected chi connectivity index (χ0v) is 10.5. The van der Waals surface area contributed by atoms with Crippen molar-refractivity contribution in [2.45, 2.75) is 19.9 Å². The van der Waals surface area contributed by atoms with Gasteiger partial charge < -0.3 is 5.73 Å². The number of hydrogen-bond acceptors (Lipinski definition) is 2. The number of rotatable bonds is 5. The third-order valence-corrected chi connectivity index (χ3v) is 3.03. The predicted molar refractivity (Wildman–Crippen MR) is 66.1 cm³/mol. The Bertz CT molecular complexity index is 340. The highest BCUT2D eigenvalue weighted by atomic mass is 35.5. The Labute approximate surface area is 101 Å². The van der Waals surface area contributed by atoms with E-state index in [1.165, 1.54) is 6.07 Å².